The lowest BCUT2D eigenvalue weighted by Gasteiger charge is -2.27. The third kappa shape index (κ3) is 3.92. The van der Waals surface area contributed by atoms with E-state index in [0.29, 0.717) is 13.1 Å². The molecule has 0 atom stereocenters. The highest BCUT2D eigenvalue weighted by Gasteiger charge is 2.17. The zero-order chi connectivity index (χ0) is 13.7. The molecular weight excluding hydrogens is 262 g/mol. The number of nitrogens with one attached hydrogen (secondary N) is 1. The molecule has 0 saturated carbocycles. The van der Waals surface area contributed by atoms with E-state index >= 15 is 0 Å². The van der Waals surface area contributed by atoms with Crippen LogP contribution in [0.15, 0.2) is 11.4 Å². The summed E-state index contributed by atoms with van der Waals surface area (Å²) >= 11 is 1.84. The van der Waals surface area contributed by atoms with Gasteiger partial charge >= 0.3 is 6.03 Å². The number of thiophene rings is 1. The van der Waals surface area contributed by atoms with Crippen molar-refractivity contribution in [3.05, 3.63) is 21.9 Å². The van der Waals surface area contributed by atoms with Gasteiger partial charge in [0.05, 0.1) is 6.61 Å². The van der Waals surface area contributed by atoms with Gasteiger partial charge in [-0.2, -0.15) is 0 Å². The Morgan fingerprint density at radius 3 is 3.26 bits per heavy atom. The Bertz CT molecular complexity index is 422. The van der Waals surface area contributed by atoms with Gasteiger partial charge < -0.3 is 15.3 Å². The number of aliphatic hydroxyl groups is 1. The number of hydrogen-bond acceptors (Lipinski definition) is 4. The lowest BCUT2D eigenvalue weighted by molar-refractivity contribution is 0.187. The van der Waals surface area contributed by atoms with Crippen LogP contribution in [-0.4, -0.2) is 60.8 Å². The van der Waals surface area contributed by atoms with Gasteiger partial charge in [-0.25, -0.2) is 4.79 Å². The summed E-state index contributed by atoms with van der Waals surface area (Å²) < 4.78 is 0. The fraction of sp³-hybridized carbons (Fsp3) is 0.615. The Morgan fingerprint density at radius 2 is 2.47 bits per heavy atom. The van der Waals surface area contributed by atoms with E-state index in [1.54, 1.807) is 7.05 Å². The van der Waals surface area contributed by atoms with Gasteiger partial charge in [0.2, 0.25) is 0 Å². The Balaban J connectivity index is 1.68. The number of fused-ring (bicyclic) bond motifs is 1. The highest BCUT2D eigenvalue weighted by atomic mass is 32.1. The third-order valence-corrected chi connectivity index (χ3v) is 4.40. The van der Waals surface area contributed by atoms with Crippen molar-refractivity contribution in [2.24, 2.45) is 0 Å². The summed E-state index contributed by atoms with van der Waals surface area (Å²) in [6.07, 6.45) is 1.12. The molecule has 0 aliphatic carbocycles. The summed E-state index contributed by atoms with van der Waals surface area (Å²) in [5, 5.41) is 13.8. The molecular formula is C13H21N3O2S. The highest BCUT2D eigenvalue weighted by Crippen LogP contribution is 2.23. The zero-order valence-corrected chi connectivity index (χ0v) is 12.1. The van der Waals surface area contributed by atoms with Crippen molar-refractivity contribution in [2.45, 2.75) is 13.0 Å². The van der Waals surface area contributed by atoms with Gasteiger partial charge in [-0.05, 0) is 23.4 Å². The molecule has 5 nitrogen and oxygen atoms in total. The largest absolute Gasteiger partial charge is 0.395 e. The minimum Gasteiger partial charge on any atom is -0.395 e. The molecule has 1 aromatic rings. The molecule has 0 bridgehead atoms. The number of carbonyl (C=O) groups is 1. The van der Waals surface area contributed by atoms with E-state index in [9.17, 15) is 4.79 Å². The molecule has 0 spiro atoms. The first-order chi connectivity index (χ1) is 9.20. The molecule has 0 saturated heterocycles. The summed E-state index contributed by atoms with van der Waals surface area (Å²) in [4.78, 5) is 17.0. The predicted octanol–water partition coefficient (Wildman–Crippen LogP) is 0.740. The predicted molar refractivity (Wildman–Crippen MR) is 76.4 cm³/mol. The maximum Gasteiger partial charge on any atom is 0.317 e. The number of carbonyl (C=O) groups excluding carboxylic acids is 1. The minimum atomic E-state index is -0.123. The van der Waals surface area contributed by atoms with Crippen molar-refractivity contribution in [1.29, 1.82) is 0 Å². The van der Waals surface area contributed by atoms with Gasteiger partial charge in [-0.1, -0.05) is 0 Å². The summed E-state index contributed by atoms with van der Waals surface area (Å²) in [6.45, 7) is 3.93. The molecule has 0 fully saturated rings. The standard InChI is InChI=1S/C13H21N3O2S/c1-15(7-8-17)13(18)14-4-6-16-5-2-12-11(10-16)3-9-19-12/h3,9,17H,2,4-8,10H2,1H3,(H,14,18). The molecule has 0 unspecified atom stereocenters. The third-order valence-electron chi connectivity index (χ3n) is 3.37. The molecule has 19 heavy (non-hydrogen) atoms. The maximum absolute atomic E-state index is 11.6. The van der Waals surface area contributed by atoms with E-state index < -0.39 is 0 Å². The van der Waals surface area contributed by atoms with E-state index in [-0.39, 0.29) is 12.6 Å². The molecule has 1 aliphatic rings. The quantitative estimate of drug-likeness (QED) is 0.838. The van der Waals surface area contributed by atoms with Crippen LogP contribution in [0.5, 0.6) is 0 Å². The minimum absolute atomic E-state index is 0.00300. The van der Waals surface area contributed by atoms with Gasteiger partial charge in [0.15, 0.2) is 0 Å². The van der Waals surface area contributed by atoms with Crippen LogP contribution >= 0.6 is 11.3 Å². The fourth-order valence-corrected chi connectivity index (χ4v) is 3.09. The molecule has 6 heteroatoms. The van der Waals surface area contributed by atoms with Crippen molar-refractivity contribution >= 4 is 17.4 Å². The van der Waals surface area contributed by atoms with Crippen molar-refractivity contribution in [2.75, 3.05) is 39.8 Å². The summed E-state index contributed by atoms with van der Waals surface area (Å²) in [5.74, 6) is 0. The second-order valence-electron chi connectivity index (χ2n) is 4.77. The number of rotatable bonds is 5. The normalized spacial score (nSPS) is 15.1. The number of nitrogens with zero attached hydrogens (tertiary/aromatic N) is 2. The van der Waals surface area contributed by atoms with E-state index in [1.165, 1.54) is 15.3 Å². The molecule has 2 rings (SSSR count). The molecule has 0 radical (unpaired) electrons. The number of likely N-dealkylation sites (N-methyl/N-ethyl adjacent to an activating group) is 1. The van der Waals surface area contributed by atoms with Crippen molar-refractivity contribution in [3.63, 3.8) is 0 Å². The molecule has 2 N–H and O–H groups in total. The summed E-state index contributed by atoms with van der Waals surface area (Å²) in [5.41, 5.74) is 1.43. The van der Waals surface area contributed by atoms with Gasteiger partial charge in [-0.3, -0.25) is 4.90 Å². The topological polar surface area (TPSA) is 55.8 Å². The molecule has 2 amide bonds. The molecule has 1 aliphatic heterocycles. The number of hydrogen-bond donors (Lipinski definition) is 2. The highest BCUT2D eigenvalue weighted by molar-refractivity contribution is 7.10. The van der Waals surface area contributed by atoms with Crippen LogP contribution in [0.3, 0.4) is 0 Å². The lowest BCUT2D eigenvalue weighted by Crippen LogP contribution is -2.43. The van der Waals surface area contributed by atoms with E-state index in [1.807, 2.05) is 11.3 Å². The van der Waals surface area contributed by atoms with Crippen LogP contribution in [0.25, 0.3) is 0 Å². The van der Waals surface area contributed by atoms with E-state index in [0.717, 1.165) is 26.1 Å². The van der Waals surface area contributed by atoms with Crippen LogP contribution < -0.4 is 5.32 Å². The van der Waals surface area contributed by atoms with Crippen molar-refractivity contribution in [1.82, 2.24) is 15.1 Å². The van der Waals surface area contributed by atoms with Crippen molar-refractivity contribution in [3.8, 4) is 0 Å². The smallest absolute Gasteiger partial charge is 0.317 e. The second kappa shape index (κ2) is 6.88. The van der Waals surface area contributed by atoms with Crippen LogP contribution in [0, 0.1) is 0 Å². The Labute approximate surface area is 117 Å². The molecule has 1 aromatic heterocycles. The zero-order valence-electron chi connectivity index (χ0n) is 11.3. The number of amides is 2. The molecule has 106 valence electrons. The second-order valence-corrected chi connectivity index (χ2v) is 5.77. The SMILES string of the molecule is CN(CCO)C(=O)NCCN1CCc2sccc2C1. The average molecular weight is 283 g/mol. The van der Waals surface area contributed by atoms with Gasteiger partial charge in [0.1, 0.15) is 0 Å². The number of urea groups is 1. The maximum atomic E-state index is 11.6. The van der Waals surface area contributed by atoms with Gasteiger partial charge in [0.25, 0.3) is 0 Å². The van der Waals surface area contributed by atoms with E-state index in [4.69, 9.17) is 5.11 Å². The number of aliphatic hydroxyl groups excluding tert-OH is 1. The fourth-order valence-electron chi connectivity index (χ4n) is 2.21. The van der Waals surface area contributed by atoms with Crippen LogP contribution in [0.1, 0.15) is 10.4 Å². The Kier molecular flexibility index (Phi) is 5.18. The van der Waals surface area contributed by atoms with Gasteiger partial charge in [-0.15, -0.1) is 11.3 Å². The Morgan fingerprint density at radius 1 is 1.63 bits per heavy atom. The van der Waals surface area contributed by atoms with Crippen LogP contribution in [-0.2, 0) is 13.0 Å². The average Bonchev–Trinajstić information content (AvgIpc) is 2.86. The van der Waals surface area contributed by atoms with E-state index in [2.05, 4.69) is 21.7 Å². The van der Waals surface area contributed by atoms with Crippen LogP contribution in [0.2, 0.25) is 0 Å². The summed E-state index contributed by atoms with van der Waals surface area (Å²) in [6, 6.07) is 2.07. The Hall–Kier alpha value is -1.11. The first kappa shape index (κ1) is 14.3. The first-order valence-corrected chi connectivity index (χ1v) is 7.46. The molecule has 0 aromatic carbocycles. The van der Waals surface area contributed by atoms with Crippen LogP contribution in [0.4, 0.5) is 4.79 Å². The summed E-state index contributed by atoms with van der Waals surface area (Å²) in [7, 11) is 1.68. The lowest BCUT2D eigenvalue weighted by atomic mass is 10.1. The van der Waals surface area contributed by atoms with Crippen molar-refractivity contribution < 1.29 is 9.90 Å². The molecule has 2 heterocycles. The monoisotopic (exact) mass is 283 g/mol. The first-order valence-electron chi connectivity index (χ1n) is 6.58. The van der Waals surface area contributed by atoms with Gasteiger partial charge in [0, 0.05) is 44.6 Å².